The summed E-state index contributed by atoms with van der Waals surface area (Å²) >= 11 is 8.51. The van der Waals surface area contributed by atoms with Crippen LogP contribution in [-0.2, 0) is 50.6 Å². The number of nitrogens with zero attached hydrogens (tertiary/aromatic N) is 10. The molecule has 0 spiro atoms. The Hall–Kier alpha value is -6.72. The summed E-state index contributed by atoms with van der Waals surface area (Å²) in [6, 6.07) is 14.2. The van der Waals surface area contributed by atoms with Gasteiger partial charge in [-0.05, 0) is 104 Å². The van der Waals surface area contributed by atoms with Gasteiger partial charge in [0.2, 0.25) is 11.0 Å². The Morgan fingerprint density at radius 2 is 1.37 bits per heavy atom. The van der Waals surface area contributed by atoms with Gasteiger partial charge in [0.1, 0.15) is 44.9 Å². The van der Waals surface area contributed by atoms with Gasteiger partial charge in [-0.3, -0.25) is 27.2 Å². The highest BCUT2D eigenvalue weighted by Gasteiger charge is 2.26. The molecule has 8 aromatic rings. The fraction of sp³-hybridized carbons (Fsp3) is 0.205. The third-order valence-corrected chi connectivity index (χ3v) is 17.9. The van der Waals surface area contributed by atoms with Gasteiger partial charge in [0.15, 0.2) is 11.3 Å². The Labute approximate surface area is 461 Å². The molecule has 0 aliphatic carbocycles. The monoisotopic (exact) mass is 1240 g/mol. The number of nitriles is 1. The molecule has 35 heteroatoms. The summed E-state index contributed by atoms with van der Waals surface area (Å²) in [4.78, 5) is 7.26. The van der Waals surface area contributed by atoms with E-state index in [4.69, 9.17) is 16.3 Å². The Bertz CT molecular complexity index is 4620. The summed E-state index contributed by atoms with van der Waals surface area (Å²) in [7, 11) is -23.0. The van der Waals surface area contributed by atoms with E-state index in [-0.39, 0.29) is 129 Å². The van der Waals surface area contributed by atoms with Crippen molar-refractivity contribution in [3.8, 4) is 17.7 Å². The number of pyridine rings is 1. The maximum Gasteiger partial charge on any atom is 0.296 e. The Balaban J connectivity index is 1.18. The van der Waals surface area contributed by atoms with Crippen LogP contribution < -0.4 is 4.74 Å². The standard InChI is InChI=1S/C44H37ClN10O17S7/c1-21-13-32(51-53-38-23(3)28(20-46)42-47-34-16-26(78(66,67)68)12-22(2)40(34)55(42)43(38)56)35(72-8-4-10-75(57,58)59)18-30(21)49-52-33-17-29(45)31(19-36(33)73-9-5-11-76(60,61)62)50-54-44-48-39-37(79(69,70)71)14-24-6-7-25(77(63,64)65)15-27(24)41(39)74-44/h6-7,12-19,56H,4-5,8-11H2,1-3H3,(H,57,58,59)(H,60,61,62)(H,63,64,65)(H,66,67,68)(H,69,70,71). The van der Waals surface area contributed by atoms with Gasteiger partial charge >= 0.3 is 0 Å². The second-order valence-electron chi connectivity index (χ2n) is 17.0. The molecule has 0 unspecified atom stereocenters. The first-order valence-electron chi connectivity index (χ1n) is 22.1. The maximum atomic E-state index is 12.4. The van der Waals surface area contributed by atoms with E-state index in [1.807, 2.05) is 6.07 Å². The number of azo groups is 3. The van der Waals surface area contributed by atoms with Crippen LogP contribution in [0.4, 0.5) is 33.6 Å². The van der Waals surface area contributed by atoms with E-state index in [2.05, 4.69) is 40.7 Å². The summed E-state index contributed by atoms with van der Waals surface area (Å²) in [5, 5.41) is 47.6. The van der Waals surface area contributed by atoms with Gasteiger partial charge in [0.05, 0.1) is 54.3 Å². The van der Waals surface area contributed by atoms with Crippen LogP contribution in [0.5, 0.6) is 11.6 Å². The number of fused-ring (bicyclic) bond motifs is 6. The fourth-order valence-corrected chi connectivity index (χ4v) is 12.8. The fourth-order valence-electron chi connectivity index (χ4n) is 7.76. The molecule has 79 heavy (non-hydrogen) atoms. The number of benzene rings is 5. The average Bonchev–Trinajstić information content (AvgIpc) is 4.17. The van der Waals surface area contributed by atoms with E-state index in [0.717, 1.165) is 53.4 Å². The number of hydrogen-bond donors (Lipinski definition) is 6. The van der Waals surface area contributed by atoms with Gasteiger partial charge in [0, 0.05) is 21.9 Å². The highest BCUT2D eigenvalue weighted by atomic mass is 35.5. The normalized spacial score (nSPS) is 13.1. The van der Waals surface area contributed by atoms with Crippen molar-refractivity contribution in [3.63, 3.8) is 0 Å². The van der Waals surface area contributed by atoms with Crippen molar-refractivity contribution in [2.24, 2.45) is 30.7 Å². The molecule has 8 rings (SSSR count). The predicted molar refractivity (Wildman–Crippen MR) is 289 cm³/mol. The predicted octanol–water partition coefficient (Wildman–Crippen LogP) is 10.4. The van der Waals surface area contributed by atoms with Crippen LogP contribution >= 0.6 is 34.7 Å². The lowest BCUT2D eigenvalue weighted by Gasteiger charge is -2.12. The van der Waals surface area contributed by atoms with E-state index in [0.29, 0.717) is 5.56 Å². The molecule has 5 aromatic carbocycles. The van der Waals surface area contributed by atoms with Crippen molar-refractivity contribution >= 4 is 157 Å². The zero-order chi connectivity index (χ0) is 57.7. The number of hydrogen-bond acceptors (Lipinski definition) is 23. The number of thioether (sulfide) groups is 1. The molecular weight excluding hydrogens is 1200 g/mol. The highest BCUT2D eigenvalue weighted by Crippen LogP contribution is 2.45. The molecular formula is C44H37ClN10O17S7. The van der Waals surface area contributed by atoms with Crippen molar-refractivity contribution in [2.75, 3.05) is 23.9 Å². The number of aromatic hydroxyl groups is 1. The molecule has 0 saturated carbocycles. The van der Waals surface area contributed by atoms with Crippen LogP contribution in [-0.4, -0.2) is 108 Å². The largest absolute Gasteiger partial charge is 0.493 e. The molecule has 27 nitrogen and oxygen atoms in total. The number of thiazole rings is 1. The van der Waals surface area contributed by atoms with Gasteiger partial charge in [0.25, 0.3) is 50.6 Å². The Morgan fingerprint density at radius 1 is 0.709 bits per heavy atom. The molecule has 0 bridgehead atoms. The Kier molecular flexibility index (Phi) is 16.3. The number of rotatable bonds is 19. The summed E-state index contributed by atoms with van der Waals surface area (Å²) < 4.78 is 174. The van der Waals surface area contributed by atoms with Crippen molar-refractivity contribution in [3.05, 3.63) is 87.9 Å². The summed E-state index contributed by atoms with van der Waals surface area (Å²) in [5.74, 6) is -1.82. The van der Waals surface area contributed by atoms with Crippen LogP contribution in [0.3, 0.4) is 0 Å². The number of ether oxygens (including phenoxy) is 1. The van der Waals surface area contributed by atoms with Crippen molar-refractivity contribution in [1.82, 2.24) is 14.4 Å². The molecule has 3 aromatic heterocycles. The molecule has 3 heterocycles. The van der Waals surface area contributed by atoms with Crippen LogP contribution in [0.1, 0.15) is 35.1 Å². The van der Waals surface area contributed by atoms with Gasteiger partial charge in [-0.25, -0.2) is 9.97 Å². The molecule has 0 amide bonds. The first kappa shape index (κ1) is 58.4. The van der Waals surface area contributed by atoms with E-state index < -0.39 is 82.7 Å². The van der Waals surface area contributed by atoms with E-state index in [1.165, 1.54) is 48.6 Å². The van der Waals surface area contributed by atoms with Gasteiger partial charge in [-0.1, -0.05) is 29.0 Å². The first-order chi connectivity index (χ1) is 36.8. The lowest BCUT2D eigenvalue weighted by Crippen LogP contribution is -2.08. The van der Waals surface area contributed by atoms with Crippen LogP contribution in [0, 0.1) is 32.1 Å². The highest BCUT2D eigenvalue weighted by molar-refractivity contribution is 7.99. The molecule has 0 atom stereocenters. The van der Waals surface area contributed by atoms with Crippen molar-refractivity contribution < 1.29 is 74.7 Å². The molecule has 414 valence electrons. The molecule has 0 aliphatic heterocycles. The maximum absolute atomic E-state index is 12.4. The minimum atomic E-state index is -4.90. The summed E-state index contributed by atoms with van der Waals surface area (Å²) in [6.45, 7) is 4.24. The molecule has 6 N–H and O–H groups in total. The molecule has 0 saturated heterocycles. The van der Waals surface area contributed by atoms with E-state index in [9.17, 15) is 75.2 Å². The SMILES string of the molecule is Cc1cc(N=Nc2c(C)c(C#N)c3nc4cc(S(=O)(=O)O)cc(C)c4n3c2O)c(OCCCS(=O)(=O)O)cc1N=Nc1cc(Cl)c(N=Nc2nc3c(S(=O)(=O)O)cc4ccc(S(=O)(=O)O)cc4c3s2)cc1SCCCS(=O)(=O)O. The minimum absolute atomic E-state index is 0.0146. The van der Waals surface area contributed by atoms with Crippen molar-refractivity contribution in [1.29, 1.82) is 5.26 Å². The summed E-state index contributed by atoms with van der Waals surface area (Å²) in [6.07, 6.45) is -0.240. The van der Waals surface area contributed by atoms with Crippen LogP contribution in [0.15, 0.2) is 111 Å². The van der Waals surface area contributed by atoms with Gasteiger partial charge in [-0.15, -0.1) is 37.3 Å². The third-order valence-electron chi connectivity index (χ3n) is 11.4. The molecule has 0 aliphatic rings. The zero-order valence-electron chi connectivity index (χ0n) is 40.4. The smallest absolute Gasteiger partial charge is 0.296 e. The van der Waals surface area contributed by atoms with Crippen LogP contribution in [0.25, 0.3) is 37.7 Å². The Morgan fingerprint density at radius 3 is 2.03 bits per heavy atom. The second-order valence-corrected chi connectivity index (χ2v) is 26.9. The third kappa shape index (κ3) is 13.2. The van der Waals surface area contributed by atoms with Gasteiger partial charge < -0.3 is 9.84 Å². The quantitative estimate of drug-likeness (QED) is 0.0190. The first-order valence-corrected chi connectivity index (χ1v) is 31.8. The molecule has 0 radical (unpaired) electrons. The van der Waals surface area contributed by atoms with Crippen LogP contribution in [0.2, 0.25) is 5.02 Å². The number of aromatic nitrogens is 3. The van der Waals surface area contributed by atoms with E-state index in [1.54, 1.807) is 6.92 Å². The second kappa shape index (κ2) is 22.1. The van der Waals surface area contributed by atoms with Crippen molar-refractivity contribution in [2.45, 2.75) is 53.2 Å². The lowest BCUT2D eigenvalue weighted by molar-refractivity contribution is 0.317. The number of imidazole rings is 1. The zero-order valence-corrected chi connectivity index (χ0v) is 46.9. The number of halogens is 1. The van der Waals surface area contributed by atoms with E-state index >= 15 is 0 Å². The number of aryl methyl sites for hydroxylation is 2. The van der Waals surface area contributed by atoms with Gasteiger partial charge in [-0.2, -0.15) is 52.5 Å². The molecule has 0 fully saturated rings. The summed E-state index contributed by atoms with van der Waals surface area (Å²) in [5.41, 5.74) is 0.442. The average molecular weight is 1240 g/mol. The topological polar surface area (TPSA) is 429 Å². The minimum Gasteiger partial charge on any atom is -0.493 e. The lowest BCUT2D eigenvalue weighted by atomic mass is 10.1.